The predicted molar refractivity (Wildman–Crippen MR) is 60.0 cm³/mol. The van der Waals surface area contributed by atoms with E-state index in [1.165, 1.54) is 0 Å². The third-order valence-corrected chi connectivity index (χ3v) is 3.64. The van der Waals surface area contributed by atoms with Crippen molar-refractivity contribution in [1.29, 1.82) is 0 Å². The van der Waals surface area contributed by atoms with E-state index < -0.39 is 0 Å². The molecule has 0 amide bonds. The quantitative estimate of drug-likeness (QED) is 0.780. The first kappa shape index (κ1) is 11.4. The van der Waals surface area contributed by atoms with Crippen LogP contribution in [0.15, 0.2) is 12.3 Å². The Morgan fingerprint density at radius 2 is 2.29 bits per heavy atom. The molecule has 4 heteroatoms. The third kappa shape index (κ3) is 2.67. The molecule has 0 aromatic carbocycles. The van der Waals surface area contributed by atoms with Crippen LogP contribution in [-0.4, -0.2) is 21.9 Å². The van der Waals surface area contributed by atoms with Crippen molar-refractivity contribution in [1.82, 2.24) is 9.97 Å². The lowest BCUT2D eigenvalue weighted by atomic mass is 10.1. The summed E-state index contributed by atoms with van der Waals surface area (Å²) < 4.78 is 5.05. The summed E-state index contributed by atoms with van der Waals surface area (Å²) in [4.78, 5) is 8.94. The first-order valence-electron chi connectivity index (χ1n) is 4.70. The number of halogens is 1. The van der Waals surface area contributed by atoms with E-state index in [9.17, 15) is 0 Å². The average molecular weight is 259 g/mol. The van der Waals surface area contributed by atoms with Crippen LogP contribution in [0.2, 0.25) is 0 Å². The Kier molecular flexibility index (Phi) is 4.32. The van der Waals surface area contributed by atoms with Crippen molar-refractivity contribution in [2.75, 3.05) is 7.11 Å². The van der Waals surface area contributed by atoms with E-state index in [1.54, 1.807) is 19.4 Å². The molecule has 0 aliphatic heterocycles. The monoisotopic (exact) mass is 258 g/mol. The largest absolute Gasteiger partial charge is 0.481 e. The van der Waals surface area contributed by atoms with Crippen molar-refractivity contribution < 1.29 is 4.74 Å². The summed E-state index contributed by atoms with van der Waals surface area (Å²) in [5, 5.41) is 0. The first-order valence-corrected chi connectivity index (χ1v) is 5.61. The van der Waals surface area contributed by atoms with Gasteiger partial charge >= 0.3 is 0 Å². The van der Waals surface area contributed by atoms with E-state index in [1.807, 2.05) is 0 Å². The molecule has 78 valence electrons. The minimum atomic E-state index is 0.301. The van der Waals surface area contributed by atoms with Gasteiger partial charge in [-0.05, 0) is 6.42 Å². The summed E-state index contributed by atoms with van der Waals surface area (Å²) in [5.74, 6) is 1.75. The molecule has 0 saturated heterocycles. The second-order valence-electron chi connectivity index (χ2n) is 3.17. The maximum atomic E-state index is 5.05. The van der Waals surface area contributed by atoms with Crippen LogP contribution in [0, 0.1) is 0 Å². The first-order chi connectivity index (χ1) is 6.69. The van der Waals surface area contributed by atoms with Gasteiger partial charge in [0.25, 0.3) is 0 Å². The van der Waals surface area contributed by atoms with Crippen LogP contribution < -0.4 is 4.74 Å². The molecule has 0 saturated carbocycles. The number of aromatic nitrogens is 2. The Morgan fingerprint density at radius 1 is 1.57 bits per heavy atom. The number of hydrogen-bond donors (Lipinski definition) is 0. The maximum absolute atomic E-state index is 5.05. The molecule has 0 fully saturated rings. The molecule has 3 nitrogen and oxygen atoms in total. The molecule has 1 rings (SSSR count). The molecule has 2 unspecified atom stereocenters. The predicted octanol–water partition coefficient (Wildman–Crippen LogP) is 2.76. The number of hydrogen-bond acceptors (Lipinski definition) is 3. The van der Waals surface area contributed by atoms with Crippen LogP contribution in [0.1, 0.15) is 32.0 Å². The Balaban J connectivity index is 2.83. The van der Waals surface area contributed by atoms with E-state index in [4.69, 9.17) is 4.74 Å². The molecule has 1 aromatic rings. The Morgan fingerprint density at radius 3 is 2.86 bits per heavy atom. The molecule has 0 spiro atoms. The zero-order valence-corrected chi connectivity index (χ0v) is 10.3. The van der Waals surface area contributed by atoms with Crippen LogP contribution in [0.5, 0.6) is 5.88 Å². The highest BCUT2D eigenvalue weighted by molar-refractivity contribution is 9.09. The second-order valence-corrected chi connectivity index (χ2v) is 4.35. The van der Waals surface area contributed by atoms with Crippen LogP contribution in [-0.2, 0) is 0 Å². The summed E-state index contributed by atoms with van der Waals surface area (Å²) in [6.45, 7) is 4.24. The number of methoxy groups -OCH3 is 1. The van der Waals surface area contributed by atoms with Crippen molar-refractivity contribution in [3.05, 3.63) is 18.1 Å². The number of alkyl halides is 1. The molecule has 2 atom stereocenters. The molecule has 14 heavy (non-hydrogen) atoms. The standard InChI is InChI=1S/C10H15BrN2O/c1-4-8(11)7(2)10-12-6-5-9(13-10)14-3/h5-8H,4H2,1-3H3. The summed E-state index contributed by atoms with van der Waals surface area (Å²) in [6.07, 6.45) is 2.79. The fourth-order valence-electron chi connectivity index (χ4n) is 1.20. The van der Waals surface area contributed by atoms with Crippen LogP contribution in [0.3, 0.4) is 0 Å². The lowest BCUT2D eigenvalue weighted by Crippen LogP contribution is -2.11. The van der Waals surface area contributed by atoms with Crippen molar-refractivity contribution in [3.8, 4) is 5.88 Å². The SMILES string of the molecule is CCC(Br)C(C)c1nccc(OC)n1. The van der Waals surface area contributed by atoms with E-state index in [-0.39, 0.29) is 0 Å². The van der Waals surface area contributed by atoms with E-state index in [0.29, 0.717) is 16.6 Å². The van der Waals surface area contributed by atoms with Gasteiger partial charge in [-0.25, -0.2) is 4.98 Å². The highest BCUT2D eigenvalue weighted by atomic mass is 79.9. The smallest absolute Gasteiger partial charge is 0.216 e. The zero-order chi connectivity index (χ0) is 10.6. The molecule has 1 heterocycles. The second kappa shape index (κ2) is 5.29. The van der Waals surface area contributed by atoms with Crippen molar-refractivity contribution in [3.63, 3.8) is 0 Å². The van der Waals surface area contributed by atoms with Gasteiger partial charge in [-0.2, -0.15) is 4.98 Å². The number of nitrogens with zero attached hydrogens (tertiary/aromatic N) is 2. The van der Waals surface area contributed by atoms with Gasteiger partial charge in [0.05, 0.1) is 7.11 Å². The van der Waals surface area contributed by atoms with Gasteiger partial charge in [0.1, 0.15) is 5.82 Å². The Hall–Kier alpha value is -0.640. The molecule has 1 aromatic heterocycles. The van der Waals surface area contributed by atoms with E-state index >= 15 is 0 Å². The van der Waals surface area contributed by atoms with Gasteiger partial charge in [-0.3, -0.25) is 0 Å². The number of ether oxygens (including phenoxy) is 1. The molecule has 0 radical (unpaired) electrons. The van der Waals surface area contributed by atoms with Gasteiger partial charge in [0, 0.05) is 23.0 Å². The van der Waals surface area contributed by atoms with Crippen LogP contribution in [0.25, 0.3) is 0 Å². The Labute approximate surface area is 93.0 Å². The lowest BCUT2D eigenvalue weighted by Gasteiger charge is -2.15. The summed E-state index contributed by atoms with van der Waals surface area (Å²) in [5.41, 5.74) is 0. The minimum absolute atomic E-state index is 0.301. The van der Waals surface area contributed by atoms with Gasteiger partial charge < -0.3 is 4.74 Å². The van der Waals surface area contributed by atoms with Gasteiger partial charge in [-0.15, -0.1) is 0 Å². The molecule has 0 aliphatic rings. The summed E-state index contributed by atoms with van der Waals surface area (Å²) >= 11 is 3.60. The normalized spacial score (nSPS) is 14.9. The van der Waals surface area contributed by atoms with Gasteiger partial charge in [0.2, 0.25) is 5.88 Å². The van der Waals surface area contributed by atoms with Crippen molar-refractivity contribution in [2.45, 2.75) is 31.0 Å². The zero-order valence-electron chi connectivity index (χ0n) is 8.70. The van der Waals surface area contributed by atoms with Crippen molar-refractivity contribution >= 4 is 15.9 Å². The minimum Gasteiger partial charge on any atom is -0.481 e. The lowest BCUT2D eigenvalue weighted by molar-refractivity contribution is 0.393. The Bertz CT molecular complexity index is 293. The van der Waals surface area contributed by atoms with Crippen LogP contribution in [0.4, 0.5) is 0 Å². The molecule has 0 N–H and O–H groups in total. The summed E-state index contributed by atoms with van der Waals surface area (Å²) in [7, 11) is 1.61. The van der Waals surface area contributed by atoms with Gasteiger partial charge in [0.15, 0.2) is 0 Å². The molecule has 0 bridgehead atoms. The fraction of sp³-hybridized carbons (Fsp3) is 0.600. The van der Waals surface area contributed by atoms with E-state index in [0.717, 1.165) is 12.2 Å². The third-order valence-electron chi connectivity index (χ3n) is 2.20. The summed E-state index contributed by atoms with van der Waals surface area (Å²) in [6, 6.07) is 1.76. The number of rotatable bonds is 4. The topological polar surface area (TPSA) is 35.0 Å². The van der Waals surface area contributed by atoms with Crippen molar-refractivity contribution in [2.24, 2.45) is 0 Å². The molecular formula is C10H15BrN2O. The maximum Gasteiger partial charge on any atom is 0.216 e. The average Bonchev–Trinajstić information content (AvgIpc) is 2.27. The highest BCUT2D eigenvalue weighted by Gasteiger charge is 2.17. The molecule has 0 aliphatic carbocycles. The van der Waals surface area contributed by atoms with Crippen LogP contribution >= 0.6 is 15.9 Å². The molecular weight excluding hydrogens is 244 g/mol. The highest BCUT2D eigenvalue weighted by Crippen LogP contribution is 2.24. The van der Waals surface area contributed by atoms with Gasteiger partial charge in [-0.1, -0.05) is 29.8 Å². The van der Waals surface area contributed by atoms with E-state index in [2.05, 4.69) is 39.7 Å². The fourth-order valence-corrected chi connectivity index (χ4v) is 1.44.